The van der Waals surface area contributed by atoms with Crippen LogP contribution in [0.3, 0.4) is 0 Å². The molecule has 0 radical (unpaired) electrons. The van der Waals surface area contributed by atoms with E-state index in [0.717, 1.165) is 12.8 Å². The fourth-order valence-corrected chi connectivity index (χ4v) is 3.34. The van der Waals surface area contributed by atoms with E-state index in [1.165, 1.54) is 18.3 Å². The number of rotatable bonds is 5. The van der Waals surface area contributed by atoms with Crippen LogP contribution in [0, 0.1) is 0 Å². The third kappa shape index (κ3) is 3.74. The molecule has 142 valence electrons. The van der Waals surface area contributed by atoms with Crippen molar-refractivity contribution in [3.05, 3.63) is 53.8 Å². The van der Waals surface area contributed by atoms with Crippen LogP contribution in [0.1, 0.15) is 36.5 Å². The van der Waals surface area contributed by atoms with Gasteiger partial charge in [-0.15, -0.1) is 0 Å². The van der Waals surface area contributed by atoms with Crippen molar-refractivity contribution in [2.75, 3.05) is 11.4 Å². The average molecular weight is 373 g/mol. The molecular formula is C19H21F2N5O. The van der Waals surface area contributed by atoms with Crippen molar-refractivity contribution in [3.8, 4) is 0 Å². The first-order valence-electron chi connectivity index (χ1n) is 8.71. The predicted octanol–water partition coefficient (Wildman–Crippen LogP) is 3.70. The number of nitrogens with one attached hydrogen (secondary N) is 1. The number of hydrogen-bond acceptors (Lipinski definition) is 4. The number of H-pyrrole nitrogens is 1. The third-order valence-corrected chi connectivity index (χ3v) is 4.70. The molecule has 0 saturated carbocycles. The first-order chi connectivity index (χ1) is 12.9. The van der Waals surface area contributed by atoms with Crippen LogP contribution in [0.25, 0.3) is 11.0 Å². The van der Waals surface area contributed by atoms with Crippen molar-refractivity contribution in [2.24, 2.45) is 5.73 Å². The van der Waals surface area contributed by atoms with Crippen LogP contribution in [0.2, 0.25) is 0 Å². The molecule has 1 fully saturated rings. The van der Waals surface area contributed by atoms with Crippen molar-refractivity contribution < 1.29 is 13.6 Å². The van der Waals surface area contributed by atoms with Crippen molar-refractivity contribution in [1.29, 1.82) is 0 Å². The monoisotopic (exact) mass is 373 g/mol. The summed E-state index contributed by atoms with van der Waals surface area (Å²) in [6.45, 7) is 5.52. The molecule has 2 aromatic heterocycles. The maximum absolute atomic E-state index is 14.2. The zero-order valence-electron chi connectivity index (χ0n) is 15.0. The quantitative estimate of drug-likeness (QED) is 0.782. The van der Waals surface area contributed by atoms with E-state index in [4.69, 9.17) is 5.73 Å². The molecule has 1 aliphatic heterocycles. The van der Waals surface area contributed by atoms with Crippen LogP contribution in [0.15, 0.2) is 48.2 Å². The van der Waals surface area contributed by atoms with Crippen molar-refractivity contribution >= 4 is 22.8 Å². The van der Waals surface area contributed by atoms with E-state index in [1.807, 2.05) is 4.90 Å². The molecule has 6 nitrogen and oxygen atoms in total. The molecule has 1 saturated heterocycles. The summed E-state index contributed by atoms with van der Waals surface area (Å²) in [7, 11) is 0. The Morgan fingerprint density at radius 1 is 1.44 bits per heavy atom. The maximum atomic E-state index is 14.2. The fourth-order valence-electron chi connectivity index (χ4n) is 3.34. The van der Waals surface area contributed by atoms with Crippen LogP contribution >= 0.6 is 0 Å². The highest BCUT2D eigenvalue weighted by molar-refractivity contribution is 5.98. The molecular weight excluding hydrogens is 352 g/mol. The number of anilines is 1. The van der Waals surface area contributed by atoms with Gasteiger partial charge < -0.3 is 10.6 Å². The number of aromatic nitrogens is 3. The highest BCUT2D eigenvalue weighted by Crippen LogP contribution is 2.34. The lowest BCUT2D eigenvalue weighted by atomic mass is 9.93. The number of fused-ring (bicyclic) bond motifs is 1. The SMILES string of the molecule is C=C(F)/C(=C\C(F)=C/C)C1CCCCN1c1n[nH]c2ncc(C(N)=O)cc12. The Balaban J connectivity index is 2.09. The fraction of sp³-hybridized carbons (Fsp3) is 0.316. The Kier molecular flexibility index (Phi) is 5.34. The lowest BCUT2D eigenvalue weighted by Crippen LogP contribution is -2.41. The van der Waals surface area contributed by atoms with Gasteiger partial charge in [-0.1, -0.05) is 12.7 Å². The van der Waals surface area contributed by atoms with Gasteiger partial charge in [0, 0.05) is 18.3 Å². The first kappa shape index (κ1) is 18.8. The summed E-state index contributed by atoms with van der Waals surface area (Å²) in [5.41, 5.74) is 6.27. The minimum absolute atomic E-state index is 0.181. The van der Waals surface area contributed by atoms with Crippen LogP contribution in [-0.4, -0.2) is 33.7 Å². The highest BCUT2D eigenvalue weighted by atomic mass is 19.1. The summed E-state index contributed by atoms with van der Waals surface area (Å²) in [5, 5.41) is 7.73. The molecule has 1 aliphatic rings. The molecule has 1 amide bonds. The van der Waals surface area contributed by atoms with Crippen molar-refractivity contribution in [3.63, 3.8) is 0 Å². The molecule has 3 heterocycles. The van der Waals surface area contributed by atoms with Gasteiger partial charge in [0.1, 0.15) is 11.7 Å². The van der Waals surface area contributed by atoms with Crippen LogP contribution in [-0.2, 0) is 0 Å². The number of nitrogens with two attached hydrogens (primary N) is 1. The van der Waals surface area contributed by atoms with Gasteiger partial charge in [0.25, 0.3) is 0 Å². The van der Waals surface area contributed by atoms with Gasteiger partial charge in [0.2, 0.25) is 5.91 Å². The van der Waals surface area contributed by atoms with Crippen molar-refractivity contribution in [1.82, 2.24) is 15.2 Å². The number of allylic oxidation sites excluding steroid dienone is 3. The van der Waals surface area contributed by atoms with Crippen LogP contribution < -0.4 is 10.6 Å². The Labute approximate surface area is 155 Å². The number of nitrogens with zero attached hydrogens (tertiary/aromatic N) is 3. The molecule has 0 spiro atoms. The normalized spacial score (nSPS) is 18.8. The average Bonchev–Trinajstić information content (AvgIpc) is 3.08. The summed E-state index contributed by atoms with van der Waals surface area (Å²) in [5.74, 6) is -1.28. The summed E-state index contributed by atoms with van der Waals surface area (Å²) in [6, 6.07) is 1.18. The predicted molar refractivity (Wildman–Crippen MR) is 101 cm³/mol. The number of aromatic amines is 1. The van der Waals surface area contributed by atoms with Gasteiger partial charge in [-0.25, -0.2) is 13.8 Å². The van der Waals surface area contributed by atoms with Crippen LogP contribution in [0.5, 0.6) is 0 Å². The standard InChI is InChI=1S/C19H21F2N5O/c1-3-13(21)9-14(11(2)20)16-6-4-5-7-26(16)19-15-8-12(17(22)27)10-23-18(15)24-25-19/h3,8-10,16H,2,4-7H2,1H3,(H2,22,27)(H,23,24,25)/b13-3+,14-9+. The smallest absolute Gasteiger partial charge is 0.250 e. The largest absolute Gasteiger partial charge is 0.366 e. The lowest BCUT2D eigenvalue weighted by molar-refractivity contribution is 0.1000. The van der Waals surface area contributed by atoms with E-state index in [2.05, 4.69) is 21.8 Å². The van der Waals surface area contributed by atoms with Gasteiger partial charge in [-0.3, -0.25) is 9.89 Å². The first-order valence-corrected chi connectivity index (χ1v) is 8.71. The highest BCUT2D eigenvalue weighted by Gasteiger charge is 2.30. The van der Waals surface area contributed by atoms with Gasteiger partial charge in [0.15, 0.2) is 11.5 Å². The molecule has 8 heteroatoms. The molecule has 27 heavy (non-hydrogen) atoms. The van der Waals surface area contributed by atoms with E-state index in [1.54, 1.807) is 13.0 Å². The second-order valence-electron chi connectivity index (χ2n) is 6.41. The minimum Gasteiger partial charge on any atom is -0.366 e. The van der Waals surface area contributed by atoms with Gasteiger partial charge in [0.05, 0.1) is 17.0 Å². The minimum atomic E-state index is -0.681. The molecule has 0 aromatic carbocycles. The number of piperidine rings is 1. The van der Waals surface area contributed by atoms with Gasteiger partial charge >= 0.3 is 0 Å². The topological polar surface area (TPSA) is 87.9 Å². The molecule has 1 unspecified atom stereocenters. The summed E-state index contributed by atoms with van der Waals surface area (Å²) in [6.07, 6.45) is 6.19. The Bertz CT molecular complexity index is 947. The van der Waals surface area contributed by atoms with E-state index < -0.39 is 23.6 Å². The third-order valence-electron chi connectivity index (χ3n) is 4.70. The Morgan fingerprint density at radius 3 is 2.89 bits per heavy atom. The lowest BCUT2D eigenvalue weighted by Gasteiger charge is -2.37. The van der Waals surface area contributed by atoms with Crippen molar-refractivity contribution in [2.45, 2.75) is 32.2 Å². The number of halogens is 2. The second-order valence-corrected chi connectivity index (χ2v) is 6.41. The van der Waals surface area contributed by atoms with Gasteiger partial charge in [-0.2, -0.15) is 5.10 Å². The molecule has 1 atom stereocenters. The number of primary amides is 1. The van der Waals surface area contributed by atoms with Crippen LogP contribution in [0.4, 0.5) is 14.6 Å². The Morgan fingerprint density at radius 2 is 2.22 bits per heavy atom. The van der Waals surface area contributed by atoms with E-state index in [-0.39, 0.29) is 11.1 Å². The zero-order chi connectivity index (χ0) is 19.6. The summed E-state index contributed by atoms with van der Waals surface area (Å²) in [4.78, 5) is 17.6. The van der Waals surface area contributed by atoms with E-state index >= 15 is 0 Å². The summed E-state index contributed by atoms with van der Waals surface area (Å²) >= 11 is 0. The number of amides is 1. The number of pyridine rings is 1. The number of carbonyl (C=O) groups is 1. The second kappa shape index (κ2) is 7.69. The number of carbonyl (C=O) groups excluding carboxylic acids is 1. The molecule has 0 aliphatic carbocycles. The molecule has 0 bridgehead atoms. The van der Waals surface area contributed by atoms with E-state index in [9.17, 15) is 13.6 Å². The van der Waals surface area contributed by atoms with E-state index in [0.29, 0.717) is 29.8 Å². The maximum Gasteiger partial charge on any atom is 0.250 e. The molecule has 2 aromatic rings. The number of hydrogen-bond donors (Lipinski definition) is 2. The zero-order valence-corrected chi connectivity index (χ0v) is 15.0. The summed E-state index contributed by atoms with van der Waals surface area (Å²) < 4.78 is 28.0. The van der Waals surface area contributed by atoms with Gasteiger partial charge in [-0.05, 0) is 38.3 Å². The molecule has 3 rings (SSSR count). The molecule has 3 N–H and O–H groups in total. The Hall–Kier alpha value is -3.03.